The number of quaternary nitrogens is 1. The maximum absolute atomic E-state index is 6.17. The molecule has 0 aliphatic carbocycles. The van der Waals surface area contributed by atoms with Crippen molar-refractivity contribution in [3.63, 3.8) is 0 Å². The molecule has 0 saturated carbocycles. The van der Waals surface area contributed by atoms with Gasteiger partial charge in [-0.25, -0.2) is 4.68 Å². The molecule has 4 rings (SSSR count). The van der Waals surface area contributed by atoms with E-state index in [2.05, 4.69) is 72.7 Å². The quantitative estimate of drug-likeness (QED) is 0.720. The van der Waals surface area contributed by atoms with Crippen LogP contribution in [-0.4, -0.2) is 26.8 Å². The Balaban J connectivity index is 1.79. The van der Waals surface area contributed by atoms with Crippen molar-refractivity contribution in [3.05, 3.63) is 76.1 Å². The summed E-state index contributed by atoms with van der Waals surface area (Å²) in [5.74, 6) is 0.920. The Morgan fingerprint density at radius 3 is 2.54 bits per heavy atom. The van der Waals surface area contributed by atoms with Crippen molar-refractivity contribution in [1.29, 1.82) is 0 Å². The number of nitrogens with zero attached hydrogens (tertiary/aromatic N) is 4. The number of aromatic nitrogens is 4. The zero-order valence-corrected chi connectivity index (χ0v) is 17.4. The number of hydrogen-bond acceptors (Lipinski definition) is 3. The Labute approximate surface area is 171 Å². The number of hydrogen-bond donors (Lipinski definition) is 1. The number of halogens is 1. The summed E-state index contributed by atoms with van der Waals surface area (Å²) >= 11 is 6.17. The van der Waals surface area contributed by atoms with Crippen LogP contribution in [0.3, 0.4) is 0 Å². The van der Waals surface area contributed by atoms with E-state index in [-0.39, 0.29) is 11.6 Å². The van der Waals surface area contributed by atoms with Gasteiger partial charge in [-0.05, 0) is 48.4 Å². The molecule has 1 N–H and O–H groups in total. The third kappa shape index (κ3) is 3.56. The largest absolute Gasteiger partial charge is 0.318 e. The van der Waals surface area contributed by atoms with Crippen LogP contribution in [0.25, 0.3) is 0 Å². The standard InChI is InChI=1S/C22H26ClN5/c1-4-22(2,3)28-21(24-25-26-28)20(17-9-11-19(23)12-10-17)27-14-13-16-7-5-6-8-18(16)15-27/h5-12,20H,4,13-15H2,1-3H3/p+1/t20-/m1/s1. The van der Waals surface area contributed by atoms with Gasteiger partial charge in [0.15, 0.2) is 6.04 Å². The first-order chi connectivity index (χ1) is 13.5. The molecule has 0 amide bonds. The van der Waals surface area contributed by atoms with Crippen LogP contribution in [0.15, 0.2) is 48.5 Å². The highest BCUT2D eigenvalue weighted by Gasteiger charge is 2.36. The van der Waals surface area contributed by atoms with E-state index in [1.807, 2.05) is 16.8 Å². The van der Waals surface area contributed by atoms with E-state index in [0.717, 1.165) is 36.8 Å². The molecule has 5 nitrogen and oxygen atoms in total. The predicted octanol–water partition coefficient (Wildman–Crippen LogP) is 3.20. The van der Waals surface area contributed by atoms with Crippen LogP contribution in [0.1, 0.15) is 55.7 Å². The third-order valence-corrected chi connectivity index (χ3v) is 6.31. The molecular weight excluding hydrogens is 370 g/mol. The van der Waals surface area contributed by atoms with Gasteiger partial charge in [0, 0.05) is 22.6 Å². The number of tetrazole rings is 1. The van der Waals surface area contributed by atoms with Crippen molar-refractivity contribution < 1.29 is 4.90 Å². The van der Waals surface area contributed by atoms with Gasteiger partial charge in [-0.3, -0.25) is 0 Å². The van der Waals surface area contributed by atoms with Crippen LogP contribution < -0.4 is 4.90 Å². The molecule has 2 atom stereocenters. The van der Waals surface area contributed by atoms with Gasteiger partial charge in [0.05, 0.1) is 12.1 Å². The van der Waals surface area contributed by atoms with E-state index in [9.17, 15) is 0 Å². The van der Waals surface area contributed by atoms with Crippen molar-refractivity contribution in [2.45, 2.75) is 51.7 Å². The molecule has 6 heteroatoms. The SMILES string of the molecule is CCC(C)(C)n1nnnc1[C@@H](c1ccc(Cl)cc1)[NH+]1CCc2ccccc2C1. The van der Waals surface area contributed by atoms with E-state index >= 15 is 0 Å². The Hall–Kier alpha value is -2.24. The number of benzene rings is 2. The second kappa shape index (κ2) is 7.64. The fraction of sp³-hybridized carbons (Fsp3) is 0.409. The van der Waals surface area contributed by atoms with Gasteiger partial charge in [0.2, 0.25) is 5.82 Å². The van der Waals surface area contributed by atoms with Crippen LogP contribution in [0.5, 0.6) is 0 Å². The van der Waals surface area contributed by atoms with Crippen molar-refractivity contribution >= 4 is 11.6 Å². The smallest absolute Gasteiger partial charge is 0.214 e. The predicted molar refractivity (Wildman–Crippen MR) is 110 cm³/mol. The fourth-order valence-electron chi connectivity index (χ4n) is 4.03. The minimum absolute atomic E-state index is 0.0615. The van der Waals surface area contributed by atoms with Gasteiger partial charge < -0.3 is 4.90 Å². The van der Waals surface area contributed by atoms with Crippen LogP contribution in [0.2, 0.25) is 5.02 Å². The minimum atomic E-state index is -0.142. The lowest BCUT2D eigenvalue weighted by Crippen LogP contribution is -3.12. The molecule has 1 aliphatic heterocycles. The summed E-state index contributed by atoms with van der Waals surface area (Å²) in [7, 11) is 0. The minimum Gasteiger partial charge on any atom is -0.318 e. The molecule has 2 aromatic carbocycles. The fourth-order valence-corrected chi connectivity index (χ4v) is 4.15. The second-order valence-corrected chi connectivity index (χ2v) is 8.64. The maximum Gasteiger partial charge on any atom is 0.214 e. The zero-order valence-electron chi connectivity index (χ0n) is 16.7. The van der Waals surface area contributed by atoms with Crippen molar-refractivity contribution in [3.8, 4) is 0 Å². The molecule has 1 unspecified atom stereocenters. The number of rotatable bonds is 5. The van der Waals surface area contributed by atoms with E-state index in [1.165, 1.54) is 21.6 Å². The Bertz CT molecular complexity index is 948. The molecule has 0 saturated heterocycles. The summed E-state index contributed by atoms with van der Waals surface area (Å²) in [6, 6.07) is 16.9. The van der Waals surface area contributed by atoms with Crippen LogP contribution in [0.4, 0.5) is 0 Å². The molecular formula is C22H27ClN5+. The molecule has 146 valence electrons. The lowest BCUT2D eigenvalue weighted by Gasteiger charge is -2.34. The number of fused-ring (bicyclic) bond motifs is 1. The first kappa shape index (κ1) is 19.1. The van der Waals surface area contributed by atoms with Gasteiger partial charge in [0.25, 0.3) is 0 Å². The highest BCUT2D eigenvalue weighted by Crippen LogP contribution is 2.26. The van der Waals surface area contributed by atoms with Crippen LogP contribution in [0, 0.1) is 0 Å². The van der Waals surface area contributed by atoms with E-state index in [4.69, 9.17) is 11.6 Å². The second-order valence-electron chi connectivity index (χ2n) is 8.20. The Kier molecular flexibility index (Phi) is 5.21. The van der Waals surface area contributed by atoms with Crippen molar-refractivity contribution in [2.75, 3.05) is 6.54 Å². The van der Waals surface area contributed by atoms with Gasteiger partial charge in [-0.15, -0.1) is 5.10 Å². The van der Waals surface area contributed by atoms with Crippen molar-refractivity contribution in [2.24, 2.45) is 0 Å². The molecule has 3 aromatic rings. The molecule has 1 aliphatic rings. The Morgan fingerprint density at radius 2 is 1.82 bits per heavy atom. The summed E-state index contributed by atoms with van der Waals surface area (Å²) in [6.45, 7) is 8.55. The van der Waals surface area contributed by atoms with Gasteiger partial charge in [-0.1, -0.05) is 54.9 Å². The molecule has 28 heavy (non-hydrogen) atoms. The molecule has 1 aromatic heterocycles. The lowest BCUT2D eigenvalue weighted by atomic mass is 9.95. The highest BCUT2D eigenvalue weighted by molar-refractivity contribution is 6.30. The molecule has 0 fully saturated rings. The first-order valence-electron chi connectivity index (χ1n) is 9.95. The average Bonchev–Trinajstić information content (AvgIpc) is 3.20. The summed E-state index contributed by atoms with van der Waals surface area (Å²) in [5.41, 5.74) is 3.92. The van der Waals surface area contributed by atoms with E-state index in [0.29, 0.717) is 0 Å². The van der Waals surface area contributed by atoms with Gasteiger partial charge in [-0.2, -0.15) is 0 Å². The summed E-state index contributed by atoms with van der Waals surface area (Å²) in [5, 5.41) is 13.7. The number of nitrogens with one attached hydrogen (secondary N) is 1. The summed E-state index contributed by atoms with van der Waals surface area (Å²) < 4.78 is 2.01. The molecule has 0 spiro atoms. The molecule has 0 radical (unpaired) electrons. The maximum atomic E-state index is 6.17. The van der Waals surface area contributed by atoms with Crippen LogP contribution in [-0.2, 0) is 18.5 Å². The molecule has 2 heterocycles. The van der Waals surface area contributed by atoms with E-state index < -0.39 is 0 Å². The third-order valence-electron chi connectivity index (χ3n) is 6.05. The summed E-state index contributed by atoms with van der Waals surface area (Å²) in [4.78, 5) is 1.46. The normalized spacial score (nSPS) is 17.9. The topological polar surface area (TPSA) is 48.0 Å². The van der Waals surface area contributed by atoms with E-state index in [1.54, 1.807) is 0 Å². The monoisotopic (exact) mass is 396 g/mol. The first-order valence-corrected chi connectivity index (χ1v) is 10.3. The van der Waals surface area contributed by atoms with Gasteiger partial charge >= 0.3 is 0 Å². The zero-order chi connectivity index (χ0) is 19.7. The lowest BCUT2D eigenvalue weighted by molar-refractivity contribution is -0.941. The average molecular weight is 397 g/mol. The van der Waals surface area contributed by atoms with Crippen LogP contribution >= 0.6 is 11.6 Å². The Morgan fingerprint density at radius 1 is 1.11 bits per heavy atom. The highest BCUT2D eigenvalue weighted by atomic mass is 35.5. The summed E-state index contributed by atoms with van der Waals surface area (Å²) in [6.07, 6.45) is 2.02. The molecule has 0 bridgehead atoms. The van der Waals surface area contributed by atoms with Crippen molar-refractivity contribution in [1.82, 2.24) is 20.2 Å². The van der Waals surface area contributed by atoms with Gasteiger partial charge in [0.1, 0.15) is 6.54 Å².